The summed E-state index contributed by atoms with van der Waals surface area (Å²) >= 11 is 0. The molecular formula is C12H23N3O. The zero-order valence-corrected chi connectivity index (χ0v) is 10.9. The molecule has 0 saturated heterocycles. The largest absolute Gasteiger partial charge is 0.383 e. The van der Waals surface area contributed by atoms with Gasteiger partial charge >= 0.3 is 0 Å². The molecule has 0 spiro atoms. The van der Waals surface area contributed by atoms with Crippen LogP contribution in [0, 0.1) is 11.8 Å². The Labute approximate surface area is 97.7 Å². The Bertz CT molecular complexity index is 321. The molecular weight excluding hydrogens is 202 g/mol. The van der Waals surface area contributed by atoms with E-state index in [1.54, 1.807) is 10.9 Å². The molecule has 4 nitrogen and oxygen atoms in total. The Hall–Kier alpha value is -0.900. The molecule has 0 fully saturated rings. The van der Waals surface area contributed by atoms with Crippen LogP contribution in [0.2, 0.25) is 0 Å². The number of aromatic nitrogens is 3. The van der Waals surface area contributed by atoms with Gasteiger partial charge in [-0.2, -0.15) is 0 Å². The van der Waals surface area contributed by atoms with Gasteiger partial charge in [-0.1, -0.05) is 32.9 Å². The molecule has 0 aromatic carbocycles. The van der Waals surface area contributed by atoms with Crippen molar-refractivity contribution >= 4 is 0 Å². The highest BCUT2D eigenvalue weighted by Gasteiger charge is 2.34. The van der Waals surface area contributed by atoms with Gasteiger partial charge in [0.15, 0.2) is 0 Å². The van der Waals surface area contributed by atoms with E-state index in [9.17, 15) is 5.11 Å². The molecule has 0 saturated carbocycles. The Morgan fingerprint density at radius 3 is 2.06 bits per heavy atom. The molecule has 1 heterocycles. The average Bonchev–Trinajstić information content (AvgIpc) is 2.48. The third kappa shape index (κ3) is 3.04. The van der Waals surface area contributed by atoms with Gasteiger partial charge in [0.25, 0.3) is 0 Å². The van der Waals surface area contributed by atoms with E-state index in [0.29, 0.717) is 11.8 Å². The van der Waals surface area contributed by atoms with Crippen molar-refractivity contribution in [1.82, 2.24) is 15.0 Å². The molecule has 0 amide bonds. The van der Waals surface area contributed by atoms with E-state index in [0.717, 1.165) is 18.5 Å². The molecule has 0 bridgehead atoms. The van der Waals surface area contributed by atoms with Crippen LogP contribution in [0.5, 0.6) is 0 Å². The second kappa shape index (κ2) is 4.95. The summed E-state index contributed by atoms with van der Waals surface area (Å²) in [5.41, 5.74) is 0.00975. The number of hydrogen-bond acceptors (Lipinski definition) is 3. The van der Waals surface area contributed by atoms with Crippen LogP contribution >= 0.6 is 0 Å². The first-order valence-electron chi connectivity index (χ1n) is 5.92. The summed E-state index contributed by atoms with van der Waals surface area (Å²) in [5, 5.41) is 18.6. The van der Waals surface area contributed by atoms with Crippen molar-refractivity contribution in [3.8, 4) is 0 Å². The number of hydrogen-bond donors (Lipinski definition) is 1. The fraction of sp³-hybridized carbons (Fsp3) is 0.833. The second-order valence-electron chi connectivity index (χ2n) is 5.47. The lowest BCUT2D eigenvalue weighted by Crippen LogP contribution is -2.32. The molecule has 92 valence electrons. The minimum atomic E-state index is -0.805. The Morgan fingerprint density at radius 1 is 1.25 bits per heavy atom. The van der Waals surface area contributed by atoms with Crippen molar-refractivity contribution in [3.63, 3.8) is 0 Å². The molecule has 0 atom stereocenters. The van der Waals surface area contributed by atoms with Crippen LogP contribution in [0.4, 0.5) is 0 Å². The molecule has 1 rings (SSSR count). The maximum atomic E-state index is 10.8. The van der Waals surface area contributed by atoms with E-state index < -0.39 is 5.60 Å². The van der Waals surface area contributed by atoms with Crippen LogP contribution in [0.1, 0.15) is 46.2 Å². The summed E-state index contributed by atoms with van der Waals surface area (Å²) in [6.45, 7) is 8.48. The van der Waals surface area contributed by atoms with Crippen LogP contribution in [0.15, 0.2) is 6.20 Å². The van der Waals surface area contributed by atoms with Gasteiger partial charge in [0, 0.05) is 7.05 Å². The van der Waals surface area contributed by atoms with E-state index in [4.69, 9.17) is 0 Å². The van der Waals surface area contributed by atoms with E-state index in [1.807, 2.05) is 7.05 Å². The summed E-state index contributed by atoms with van der Waals surface area (Å²) in [7, 11) is 1.83. The Morgan fingerprint density at radius 2 is 1.75 bits per heavy atom. The summed E-state index contributed by atoms with van der Waals surface area (Å²) in [5.74, 6) is 0.886. The third-order valence-corrected chi connectivity index (χ3v) is 2.68. The van der Waals surface area contributed by atoms with Crippen molar-refractivity contribution in [1.29, 1.82) is 0 Å². The fourth-order valence-electron chi connectivity index (χ4n) is 2.35. The molecule has 0 radical (unpaired) electrons. The molecule has 0 aliphatic heterocycles. The number of aliphatic hydroxyl groups is 1. The number of nitrogens with zero attached hydrogens (tertiary/aromatic N) is 3. The molecule has 0 aliphatic rings. The molecule has 1 N–H and O–H groups in total. The van der Waals surface area contributed by atoms with Gasteiger partial charge < -0.3 is 5.11 Å². The molecule has 0 unspecified atom stereocenters. The monoisotopic (exact) mass is 225 g/mol. The van der Waals surface area contributed by atoms with Crippen molar-refractivity contribution in [2.45, 2.75) is 46.1 Å². The molecule has 1 aromatic rings. The normalized spacial score (nSPS) is 12.8. The topological polar surface area (TPSA) is 50.9 Å². The van der Waals surface area contributed by atoms with Crippen molar-refractivity contribution in [2.75, 3.05) is 0 Å². The van der Waals surface area contributed by atoms with E-state index in [1.165, 1.54) is 0 Å². The first-order valence-corrected chi connectivity index (χ1v) is 5.92. The van der Waals surface area contributed by atoms with Crippen LogP contribution in [-0.2, 0) is 12.6 Å². The summed E-state index contributed by atoms with van der Waals surface area (Å²) in [6.07, 6.45) is 3.16. The lowest BCUT2D eigenvalue weighted by molar-refractivity contribution is -0.0117. The second-order valence-corrected chi connectivity index (χ2v) is 5.47. The van der Waals surface area contributed by atoms with E-state index >= 15 is 0 Å². The van der Waals surface area contributed by atoms with Gasteiger partial charge in [-0.3, -0.25) is 0 Å². The van der Waals surface area contributed by atoms with Crippen LogP contribution < -0.4 is 0 Å². The lowest BCUT2D eigenvalue weighted by atomic mass is 9.83. The van der Waals surface area contributed by atoms with Crippen LogP contribution in [0.3, 0.4) is 0 Å². The van der Waals surface area contributed by atoms with Crippen molar-refractivity contribution in [2.24, 2.45) is 18.9 Å². The zero-order valence-electron chi connectivity index (χ0n) is 10.9. The first-order chi connectivity index (χ1) is 7.35. The first kappa shape index (κ1) is 13.2. The molecule has 16 heavy (non-hydrogen) atoms. The van der Waals surface area contributed by atoms with Gasteiger partial charge in [0.05, 0.1) is 11.9 Å². The smallest absolute Gasteiger partial charge is 0.108 e. The van der Waals surface area contributed by atoms with Gasteiger partial charge in [0.2, 0.25) is 0 Å². The summed E-state index contributed by atoms with van der Waals surface area (Å²) < 4.78 is 1.67. The highest BCUT2D eigenvalue weighted by atomic mass is 16.3. The molecule has 0 aliphatic carbocycles. The van der Waals surface area contributed by atoms with Crippen LogP contribution in [0.25, 0.3) is 0 Å². The fourth-order valence-corrected chi connectivity index (χ4v) is 2.35. The van der Waals surface area contributed by atoms with Gasteiger partial charge in [-0.15, -0.1) is 5.10 Å². The Kier molecular flexibility index (Phi) is 4.08. The predicted molar refractivity (Wildman–Crippen MR) is 63.8 cm³/mol. The SMILES string of the molecule is CC(C)CC(O)(CC(C)C)c1cnnn1C. The van der Waals surface area contributed by atoms with Crippen LogP contribution in [-0.4, -0.2) is 20.1 Å². The minimum Gasteiger partial charge on any atom is -0.383 e. The highest BCUT2D eigenvalue weighted by molar-refractivity contribution is 5.08. The summed E-state index contributed by atoms with van der Waals surface area (Å²) in [6, 6.07) is 0. The lowest BCUT2D eigenvalue weighted by Gasteiger charge is -2.31. The highest BCUT2D eigenvalue weighted by Crippen LogP contribution is 2.33. The predicted octanol–water partition coefficient (Wildman–Crippen LogP) is 2.09. The number of rotatable bonds is 5. The summed E-state index contributed by atoms with van der Waals surface area (Å²) in [4.78, 5) is 0. The minimum absolute atomic E-state index is 0.443. The van der Waals surface area contributed by atoms with Gasteiger partial charge in [0.1, 0.15) is 5.60 Å². The van der Waals surface area contributed by atoms with Gasteiger partial charge in [-0.25, -0.2) is 4.68 Å². The van der Waals surface area contributed by atoms with Crippen molar-refractivity contribution in [3.05, 3.63) is 11.9 Å². The standard InChI is InChI=1S/C12H23N3O/c1-9(2)6-12(16,7-10(3)4)11-8-13-14-15(11)5/h8-10,16H,6-7H2,1-5H3. The van der Waals surface area contributed by atoms with E-state index in [2.05, 4.69) is 38.0 Å². The maximum Gasteiger partial charge on any atom is 0.108 e. The molecule has 4 heteroatoms. The third-order valence-electron chi connectivity index (χ3n) is 2.68. The van der Waals surface area contributed by atoms with E-state index in [-0.39, 0.29) is 0 Å². The molecule has 1 aromatic heterocycles. The zero-order chi connectivity index (χ0) is 12.3. The number of aryl methyl sites for hydroxylation is 1. The van der Waals surface area contributed by atoms with Crippen molar-refractivity contribution < 1.29 is 5.11 Å². The Balaban J connectivity index is 2.99. The quantitative estimate of drug-likeness (QED) is 0.835. The maximum absolute atomic E-state index is 10.8. The average molecular weight is 225 g/mol. The van der Waals surface area contributed by atoms with Gasteiger partial charge in [-0.05, 0) is 24.7 Å².